The molecule has 0 saturated carbocycles. The summed E-state index contributed by atoms with van der Waals surface area (Å²) in [6.07, 6.45) is 1.21. The molecular weight excluding hydrogens is 454 g/mol. The van der Waals surface area contributed by atoms with Gasteiger partial charge in [-0.05, 0) is 30.7 Å². The fourth-order valence-corrected chi connectivity index (χ4v) is 5.66. The first-order valence-electron chi connectivity index (χ1n) is 13.0. The summed E-state index contributed by atoms with van der Waals surface area (Å²) in [5.74, 6) is -0.316. The Morgan fingerprint density at radius 3 is 2.19 bits per heavy atom. The molecule has 3 atom stereocenters. The molecule has 3 aliphatic rings. The van der Waals surface area contributed by atoms with Crippen molar-refractivity contribution in [1.82, 2.24) is 20.1 Å². The highest BCUT2D eigenvalue weighted by Gasteiger charge is 2.51. The lowest BCUT2D eigenvalue weighted by Crippen LogP contribution is -2.60. The van der Waals surface area contributed by atoms with Crippen molar-refractivity contribution in [2.75, 3.05) is 50.8 Å². The number of hydrogen-bond donors (Lipinski definition) is 1. The zero-order valence-electron chi connectivity index (χ0n) is 20.9. The van der Waals surface area contributed by atoms with Gasteiger partial charge in [-0.3, -0.25) is 14.4 Å². The third-order valence-corrected chi connectivity index (χ3v) is 7.79. The smallest absolute Gasteiger partial charge is 0.247 e. The SMILES string of the molecule is CCN1CC(C(=O)N2CCN(C(=O)CCc3ccccc3)CC2)C2NN(c3ccccc3)C(=O)C2C1. The number of benzene rings is 2. The maximum Gasteiger partial charge on any atom is 0.247 e. The average Bonchev–Trinajstić information content (AvgIpc) is 3.28. The number of anilines is 1. The van der Waals surface area contributed by atoms with E-state index in [9.17, 15) is 14.4 Å². The summed E-state index contributed by atoms with van der Waals surface area (Å²) in [5, 5.41) is 1.62. The average molecular weight is 490 g/mol. The molecule has 3 saturated heterocycles. The summed E-state index contributed by atoms with van der Waals surface area (Å²) >= 11 is 0. The molecule has 8 nitrogen and oxygen atoms in total. The Labute approximate surface area is 212 Å². The van der Waals surface area contributed by atoms with E-state index in [1.165, 1.54) is 0 Å². The maximum atomic E-state index is 13.7. The summed E-state index contributed by atoms with van der Waals surface area (Å²) in [6.45, 7) is 6.34. The number of nitrogens with zero attached hydrogens (tertiary/aromatic N) is 4. The molecule has 3 amide bonds. The van der Waals surface area contributed by atoms with Crippen LogP contribution in [-0.2, 0) is 20.8 Å². The molecule has 3 fully saturated rings. The summed E-state index contributed by atoms with van der Waals surface area (Å²) in [6, 6.07) is 19.4. The van der Waals surface area contributed by atoms with Crippen molar-refractivity contribution in [3.05, 3.63) is 66.2 Å². The van der Waals surface area contributed by atoms with E-state index in [2.05, 4.69) is 17.2 Å². The predicted molar refractivity (Wildman–Crippen MR) is 138 cm³/mol. The third kappa shape index (κ3) is 5.01. The fourth-order valence-electron chi connectivity index (χ4n) is 5.66. The van der Waals surface area contributed by atoms with Crippen LogP contribution < -0.4 is 10.4 Å². The normalized spacial score (nSPS) is 24.6. The minimum atomic E-state index is -0.304. The van der Waals surface area contributed by atoms with E-state index in [0.29, 0.717) is 45.7 Å². The number of likely N-dealkylation sites (tertiary alicyclic amines) is 1. The maximum absolute atomic E-state index is 13.7. The summed E-state index contributed by atoms with van der Waals surface area (Å²) in [7, 11) is 0. The van der Waals surface area contributed by atoms with Gasteiger partial charge < -0.3 is 14.7 Å². The lowest BCUT2D eigenvalue weighted by atomic mass is 9.83. The molecule has 2 aromatic carbocycles. The molecule has 0 bridgehead atoms. The second kappa shape index (κ2) is 10.8. The van der Waals surface area contributed by atoms with E-state index in [1.807, 2.05) is 70.5 Å². The third-order valence-electron chi connectivity index (χ3n) is 7.79. The monoisotopic (exact) mass is 489 g/mol. The van der Waals surface area contributed by atoms with Crippen molar-refractivity contribution in [3.63, 3.8) is 0 Å². The van der Waals surface area contributed by atoms with Crippen LogP contribution in [0.25, 0.3) is 0 Å². The molecule has 8 heteroatoms. The number of piperidine rings is 1. The van der Waals surface area contributed by atoms with Crippen LogP contribution >= 0.6 is 0 Å². The van der Waals surface area contributed by atoms with E-state index < -0.39 is 0 Å². The van der Waals surface area contributed by atoms with Gasteiger partial charge in [0, 0.05) is 45.7 Å². The van der Waals surface area contributed by atoms with Gasteiger partial charge in [-0.15, -0.1) is 0 Å². The van der Waals surface area contributed by atoms with Crippen molar-refractivity contribution in [2.24, 2.45) is 11.8 Å². The summed E-state index contributed by atoms with van der Waals surface area (Å²) < 4.78 is 0. The minimum Gasteiger partial charge on any atom is -0.339 e. The van der Waals surface area contributed by atoms with Crippen LogP contribution in [0.5, 0.6) is 0 Å². The number of rotatable bonds is 6. The van der Waals surface area contributed by atoms with E-state index in [4.69, 9.17) is 0 Å². The minimum absolute atomic E-state index is 0.0241. The number of carbonyl (C=O) groups is 3. The molecule has 0 aliphatic carbocycles. The number of piperazine rings is 1. The van der Waals surface area contributed by atoms with Crippen LogP contribution in [0.2, 0.25) is 0 Å². The van der Waals surface area contributed by atoms with Gasteiger partial charge in [0.2, 0.25) is 17.7 Å². The van der Waals surface area contributed by atoms with Crippen LogP contribution in [-0.4, -0.2) is 84.3 Å². The standard InChI is InChI=1S/C28H35N5O3/c1-2-30-19-23(26-24(20-30)28(36)33(29-26)22-11-7-4-8-12-22)27(35)32-17-15-31(16-18-32)25(34)14-13-21-9-5-3-6-10-21/h3-12,23-24,26,29H,2,13-20H2,1H3. The van der Waals surface area contributed by atoms with E-state index in [1.54, 1.807) is 5.01 Å². The number of nitrogens with one attached hydrogen (secondary N) is 1. The second-order valence-electron chi connectivity index (χ2n) is 9.92. The Morgan fingerprint density at radius 1 is 0.889 bits per heavy atom. The van der Waals surface area contributed by atoms with Gasteiger partial charge >= 0.3 is 0 Å². The zero-order chi connectivity index (χ0) is 25.1. The Bertz CT molecular complexity index is 1070. The molecular formula is C28H35N5O3. The molecule has 3 heterocycles. The molecule has 0 radical (unpaired) electrons. The van der Waals surface area contributed by atoms with Gasteiger partial charge in [0.1, 0.15) is 0 Å². The highest BCUT2D eigenvalue weighted by Crippen LogP contribution is 2.32. The van der Waals surface area contributed by atoms with Gasteiger partial charge in [-0.1, -0.05) is 55.5 Å². The largest absolute Gasteiger partial charge is 0.339 e. The Hall–Kier alpha value is -3.23. The first-order chi connectivity index (χ1) is 17.5. The quantitative estimate of drug-likeness (QED) is 0.670. The number of hydrogen-bond acceptors (Lipinski definition) is 5. The lowest BCUT2D eigenvalue weighted by molar-refractivity contribution is -0.145. The number of hydrazine groups is 1. The first kappa shape index (κ1) is 24.5. The summed E-state index contributed by atoms with van der Waals surface area (Å²) in [5.41, 5.74) is 5.34. The van der Waals surface area contributed by atoms with Crippen molar-refractivity contribution in [1.29, 1.82) is 0 Å². The zero-order valence-corrected chi connectivity index (χ0v) is 20.9. The second-order valence-corrected chi connectivity index (χ2v) is 9.92. The van der Waals surface area contributed by atoms with Crippen LogP contribution in [0.15, 0.2) is 60.7 Å². The van der Waals surface area contributed by atoms with E-state index in [-0.39, 0.29) is 35.6 Å². The first-order valence-corrected chi connectivity index (χ1v) is 13.0. The van der Waals surface area contributed by atoms with E-state index >= 15 is 0 Å². The molecule has 36 heavy (non-hydrogen) atoms. The highest BCUT2D eigenvalue weighted by molar-refractivity contribution is 5.98. The molecule has 5 rings (SSSR count). The van der Waals surface area contributed by atoms with Crippen LogP contribution in [0.3, 0.4) is 0 Å². The van der Waals surface area contributed by atoms with Crippen LogP contribution in [0.1, 0.15) is 18.9 Å². The Balaban J connectivity index is 1.21. The molecule has 0 spiro atoms. The molecule has 0 aromatic heterocycles. The molecule has 3 unspecified atom stereocenters. The van der Waals surface area contributed by atoms with Crippen LogP contribution in [0, 0.1) is 11.8 Å². The van der Waals surface area contributed by atoms with Gasteiger partial charge in [0.25, 0.3) is 0 Å². The topological polar surface area (TPSA) is 76.2 Å². The number of fused-ring (bicyclic) bond motifs is 1. The van der Waals surface area contributed by atoms with Gasteiger partial charge in [-0.25, -0.2) is 10.4 Å². The Morgan fingerprint density at radius 2 is 1.53 bits per heavy atom. The lowest BCUT2D eigenvalue weighted by Gasteiger charge is -2.42. The highest BCUT2D eigenvalue weighted by atomic mass is 16.2. The van der Waals surface area contributed by atoms with Crippen molar-refractivity contribution in [2.45, 2.75) is 25.8 Å². The predicted octanol–water partition coefficient (Wildman–Crippen LogP) is 1.78. The fraction of sp³-hybridized carbons (Fsp3) is 0.464. The van der Waals surface area contributed by atoms with Crippen LogP contribution in [0.4, 0.5) is 5.69 Å². The van der Waals surface area contributed by atoms with Gasteiger partial charge in [-0.2, -0.15) is 0 Å². The number of carbonyl (C=O) groups excluding carboxylic acids is 3. The summed E-state index contributed by atoms with van der Waals surface area (Å²) in [4.78, 5) is 45.7. The van der Waals surface area contributed by atoms with Crippen molar-refractivity contribution >= 4 is 23.4 Å². The molecule has 2 aromatic rings. The number of aryl methyl sites for hydroxylation is 1. The van der Waals surface area contributed by atoms with Crippen molar-refractivity contribution in [3.8, 4) is 0 Å². The molecule has 190 valence electrons. The van der Waals surface area contributed by atoms with Gasteiger partial charge in [0.15, 0.2) is 0 Å². The van der Waals surface area contributed by atoms with Crippen molar-refractivity contribution < 1.29 is 14.4 Å². The van der Waals surface area contributed by atoms with Gasteiger partial charge in [0.05, 0.1) is 23.6 Å². The van der Waals surface area contributed by atoms with E-state index in [0.717, 1.165) is 24.2 Å². The number of para-hydroxylation sites is 1. The molecule has 3 aliphatic heterocycles. The number of amides is 3. The molecule has 1 N–H and O–H groups in total. The Kier molecular flexibility index (Phi) is 7.34.